The van der Waals surface area contributed by atoms with Crippen molar-refractivity contribution in [3.63, 3.8) is 0 Å². The molecule has 0 aliphatic carbocycles. The van der Waals surface area contributed by atoms with Crippen molar-refractivity contribution >= 4 is 11.9 Å². The summed E-state index contributed by atoms with van der Waals surface area (Å²) >= 11 is 0. The first-order chi connectivity index (χ1) is 8.18. The van der Waals surface area contributed by atoms with Crippen molar-refractivity contribution in [3.8, 4) is 0 Å². The van der Waals surface area contributed by atoms with E-state index in [0.717, 1.165) is 38.8 Å². The average molecular weight is 239 g/mol. The number of hydrogen-bond donors (Lipinski definition) is 1. The number of fused-ring (bicyclic) bond motifs is 2. The standard InChI is InChI=1S/C12H17NO4/c14-11(13-5-1-2-6-13)9-7-3-4-8(17-7)10(9)12(15)16/h7-10H,1-6H2,(H,15,16)/t7-,8+,9+,10-/m1/s1. The molecule has 0 saturated carbocycles. The molecule has 0 aromatic heterocycles. The zero-order valence-electron chi connectivity index (χ0n) is 9.67. The van der Waals surface area contributed by atoms with Gasteiger partial charge in [0.1, 0.15) is 0 Å². The number of carboxylic acid groups (broad SMARTS) is 1. The Kier molecular flexibility index (Phi) is 2.58. The number of nitrogens with zero attached hydrogens (tertiary/aromatic N) is 1. The monoisotopic (exact) mass is 239 g/mol. The Labute approximate surface area is 99.7 Å². The molecular weight excluding hydrogens is 222 g/mol. The summed E-state index contributed by atoms with van der Waals surface area (Å²) in [6.45, 7) is 1.55. The fourth-order valence-corrected chi connectivity index (χ4v) is 3.45. The number of likely N-dealkylation sites (tertiary alicyclic amines) is 1. The van der Waals surface area contributed by atoms with Gasteiger partial charge in [0.15, 0.2) is 0 Å². The summed E-state index contributed by atoms with van der Waals surface area (Å²) in [4.78, 5) is 25.4. The van der Waals surface area contributed by atoms with Gasteiger partial charge in [0.05, 0.1) is 24.0 Å². The maximum Gasteiger partial charge on any atom is 0.310 e. The van der Waals surface area contributed by atoms with Crippen molar-refractivity contribution in [2.24, 2.45) is 11.8 Å². The summed E-state index contributed by atoms with van der Waals surface area (Å²) in [5.41, 5.74) is 0. The first kappa shape index (κ1) is 11.0. The van der Waals surface area contributed by atoms with E-state index in [1.807, 2.05) is 4.90 Å². The molecule has 17 heavy (non-hydrogen) atoms. The summed E-state index contributed by atoms with van der Waals surface area (Å²) in [5, 5.41) is 9.25. The van der Waals surface area contributed by atoms with Gasteiger partial charge in [-0.3, -0.25) is 9.59 Å². The van der Waals surface area contributed by atoms with Crippen LogP contribution in [-0.2, 0) is 14.3 Å². The second-order valence-corrected chi connectivity index (χ2v) is 5.21. The van der Waals surface area contributed by atoms with Gasteiger partial charge in [-0.05, 0) is 25.7 Å². The third-order valence-electron chi connectivity index (χ3n) is 4.26. The molecule has 0 radical (unpaired) electrons. The molecule has 0 spiro atoms. The number of aliphatic carboxylic acids is 1. The van der Waals surface area contributed by atoms with E-state index in [2.05, 4.69) is 0 Å². The van der Waals surface area contributed by atoms with E-state index in [-0.39, 0.29) is 18.1 Å². The molecule has 2 bridgehead atoms. The number of hydrogen-bond acceptors (Lipinski definition) is 3. The van der Waals surface area contributed by atoms with Crippen LogP contribution in [0.2, 0.25) is 0 Å². The van der Waals surface area contributed by atoms with E-state index < -0.39 is 17.8 Å². The van der Waals surface area contributed by atoms with Crippen LogP contribution in [0.15, 0.2) is 0 Å². The van der Waals surface area contributed by atoms with Crippen LogP contribution >= 0.6 is 0 Å². The number of carbonyl (C=O) groups is 2. The van der Waals surface area contributed by atoms with Crippen molar-refractivity contribution < 1.29 is 19.4 Å². The molecule has 3 aliphatic heterocycles. The Bertz CT molecular complexity index is 350. The molecule has 3 fully saturated rings. The molecule has 0 aromatic rings. The van der Waals surface area contributed by atoms with Crippen LogP contribution in [0.3, 0.4) is 0 Å². The number of carboxylic acids is 1. The van der Waals surface area contributed by atoms with E-state index in [1.54, 1.807) is 0 Å². The van der Waals surface area contributed by atoms with Crippen LogP contribution in [-0.4, -0.2) is 47.2 Å². The molecule has 1 N–H and O–H groups in total. The van der Waals surface area contributed by atoms with Crippen LogP contribution in [0.1, 0.15) is 25.7 Å². The minimum Gasteiger partial charge on any atom is -0.481 e. The van der Waals surface area contributed by atoms with Crippen molar-refractivity contribution in [2.75, 3.05) is 13.1 Å². The highest BCUT2D eigenvalue weighted by Gasteiger charge is 2.56. The highest BCUT2D eigenvalue weighted by Crippen LogP contribution is 2.44. The van der Waals surface area contributed by atoms with Crippen molar-refractivity contribution in [1.29, 1.82) is 0 Å². The minimum atomic E-state index is -0.880. The molecule has 3 saturated heterocycles. The number of amides is 1. The summed E-state index contributed by atoms with van der Waals surface area (Å²) in [5.74, 6) is -1.94. The molecule has 3 rings (SSSR count). The zero-order chi connectivity index (χ0) is 12.0. The lowest BCUT2D eigenvalue weighted by Gasteiger charge is -2.27. The molecule has 0 unspecified atom stereocenters. The van der Waals surface area contributed by atoms with Crippen molar-refractivity contribution in [2.45, 2.75) is 37.9 Å². The lowest BCUT2D eigenvalue weighted by Crippen LogP contribution is -2.44. The van der Waals surface area contributed by atoms with E-state index in [1.165, 1.54) is 0 Å². The van der Waals surface area contributed by atoms with Crippen molar-refractivity contribution in [3.05, 3.63) is 0 Å². The molecule has 0 aromatic carbocycles. The summed E-state index contributed by atoms with van der Waals surface area (Å²) in [7, 11) is 0. The van der Waals surface area contributed by atoms with Crippen molar-refractivity contribution in [1.82, 2.24) is 4.90 Å². The Morgan fingerprint density at radius 1 is 1.06 bits per heavy atom. The fourth-order valence-electron chi connectivity index (χ4n) is 3.45. The quantitative estimate of drug-likeness (QED) is 0.761. The van der Waals surface area contributed by atoms with E-state index in [9.17, 15) is 14.7 Å². The summed E-state index contributed by atoms with van der Waals surface area (Å²) in [6.07, 6.45) is 3.28. The van der Waals surface area contributed by atoms with Gasteiger partial charge in [0.2, 0.25) is 5.91 Å². The summed E-state index contributed by atoms with van der Waals surface area (Å²) < 4.78 is 5.61. The van der Waals surface area contributed by atoms with E-state index in [4.69, 9.17) is 4.74 Å². The Morgan fingerprint density at radius 2 is 1.65 bits per heavy atom. The average Bonchev–Trinajstić information content (AvgIpc) is 3.02. The Balaban J connectivity index is 1.80. The molecule has 5 nitrogen and oxygen atoms in total. The topological polar surface area (TPSA) is 66.8 Å². The Morgan fingerprint density at radius 3 is 2.24 bits per heavy atom. The van der Waals surface area contributed by atoms with Gasteiger partial charge >= 0.3 is 5.97 Å². The maximum atomic E-state index is 12.3. The molecule has 1 amide bonds. The van der Waals surface area contributed by atoms with Crippen LogP contribution < -0.4 is 0 Å². The van der Waals surface area contributed by atoms with Crippen LogP contribution in [0.5, 0.6) is 0 Å². The van der Waals surface area contributed by atoms with Gasteiger partial charge in [-0.1, -0.05) is 0 Å². The number of rotatable bonds is 2. The summed E-state index contributed by atoms with van der Waals surface area (Å²) in [6, 6.07) is 0. The van der Waals surface area contributed by atoms with E-state index >= 15 is 0 Å². The van der Waals surface area contributed by atoms with Gasteiger partial charge in [-0.25, -0.2) is 0 Å². The third kappa shape index (κ3) is 1.64. The van der Waals surface area contributed by atoms with Crippen LogP contribution in [0, 0.1) is 11.8 Å². The lowest BCUT2D eigenvalue weighted by atomic mass is 9.78. The molecule has 3 heterocycles. The zero-order valence-corrected chi connectivity index (χ0v) is 9.67. The van der Waals surface area contributed by atoms with Gasteiger partial charge in [0.25, 0.3) is 0 Å². The van der Waals surface area contributed by atoms with Gasteiger partial charge in [0, 0.05) is 13.1 Å². The maximum absolute atomic E-state index is 12.3. The Hall–Kier alpha value is -1.10. The van der Waals surface area contributed by atoms with Gasteiger partial charge < -0.3 is 14.7 Å². The predicted octanol–water partition coefficient (Wildman–Crippen LogP) is 0.487. The largest absolute Gasteiger partial charge is 0.481 e. The highest BCUT2D eigenvalue weighted by atomic mass is 16.5. The minimum absolute atomic E-state index is 0.00194. The SMILES string of the molecule is O=C(O)[C@H]1[C@@H](C(=O)N2CCCC2)[C@H]2CC[C@@H]1O2. The molecular formula is C12H17NO4. The van der Waals surface area contributed by atoms with Gasteiger partial charge in [-0.15, -0.1) is 0 Å². The van der Waals surface area contributed by atoms with Crippen LogP contribution in [0.25, 0.3) is 0 Å². The third-order valence-corrected chi connectivity index (χ3v) is 4.26. The second kappa shape index (κ2) is 3.98. The van der Waals surface area contributed by atoms with Gasteiger partial charge in [-0.2, -0.15) is 0 Å². The number of ether oxygens (including phenoxy) is 1. The highest BCUT2D eigenvalue weighted by molar-refractivity contribution is 5.86. The smallest absolute Gasteiger partial charge is 0.310 e. The first-order valence-corrected chi connectivity index (χ1v) is 6.35. The molecule has 4 atom stereocenters. The van der Waals surface area contributed by atoms with Crippen LogP contribution in [0.4, 0.5) is 0 Å². The first-order valence-electron chi connectivity index (χ1n) is 6.35. The molecule has 5 heteroatoms. The normalized spacial score (nSPS) is 39.9. The number of carbonyl (C=O) groups excluding carboxylic acids is 1. The lowest BCUT2D eigenvalue weighted by molar-refractivity contribution is -0.150. The fraction of sp³-hybridized carbons (Fsp3) is 0.833. The van der Waals surface area contributed by atoms with E-state index in [0.29, 0.717) is 0 Å². The predicted molar refractivity (Wildman–Crippen MR) is 58.3 cm³/mol. The molecule has 3 aliphatic rings. The second-order valence-electron chi connectivity index (χ2n) is 5.21. The molecule has 94 valence electrons.